The highest BCUT2D eigenvalue weighted by Gasteiger charge is 2.25. The normalized spacial score (nSPS) is 15.2. The summed E-state index contributed by atoms with van der Waals surface area (Å²) in [6.07, 6.45) is 4.06. The lowest BCUT2D eigenvalue weighted by Gasteiger charge is -2.35. The van der Waals surface area contributed by atoms with Crippen molar-refractivity contribution < 1.29 is 14.3 Å². The van der Waals surface area contributed by atoms with E-state index in [1.807, 2.05) is 39.0 Å². The Bertz CT molecular complexity index is 852. The van der Waals surface area contributed by atoms with Crippen LogP contribution in [0.2, 0.25) is 0 Å². The van der Waals surface area contributed by atoms with Gasteiger partial charge in [0.2, 0.25) is 5.91 Å². The van der Waals surface area contributed by atoms with Gasteiger partial charge in [0.1, 0.15) is 5.60 Å². The molecule has 2 aromatic rings. The van der Waals surface area contributed by atoms with Crippen molar-refractivity contribution in [2.75, 3.05) is 39.3 Å². The number of nitrogens with one attached hydrogen (secondary N) is 1. The molecule has 7 nitrogen and oxygen atoms in total. The number of aromatic nitrogens is 1. The highest BCUT2D eigenvalue weighted by molar-refractivity contribution is 7.18. The number of aryl methyl sites for hydroxylation is 1. The van der Waals surface area contributed by atoms with E-state index in [4.69, 9.17) is 4.74 Å². The van der Waals surface area contributed by atoms with Gasteiger partial charge in [-0.3, -0.25) is 9.69 Å². The number of ether oxygens (including phenoxy) is 1. The summed E-state index contributed by atoms with van der Waals surface area (Å²) in [4.78, 5) is 33.0. The number of unbranched alkanes of at least 4 members (excludes halogenated alkanes) is 1. The number of amides is 2. The van der Waals surface area contributed by atoms with Gasteiger partial charge < -0.3 is 15.0 Å². The minimum absolute atomic E-state index is 0.129. The number of benzene rings is 1. The molecule has 0 atom stereocenters. The van der Waals surface area contributed by atoms with E-state index in [0.717, 1.165) is 55.8 Å². The van der Waals surface area contributed by atoms with Crippen molar-refractivity contribution in [3.05, 3.63) is 29.3 Å². The zero-order valence-corrected chi connectivity index (χ0v) is 20.4. The van der Waals surface area contributed by atoms with Crippen molar-refractivity contribution >= 4 is 33.6 Å². The molecule has 2 heterocycles. The summed E-state index contributed by atoms with van der Waals surface area (Å²) in [5, 5.41) is 4.18. The van der Waals surface area contributed by atoms with Gasteiger partial charge in [-0.05, 0) is 65.1 Å². The summed E-state index contributed by atoms with van der Waals surface area (Å²) in [5.74, 6) is 0.129. The van der Waals surface area contributed by atoms with Gasteiger partial charge in [0.25, 0.3) is 0 Å². The van der Waals surface area contributed by atoms with Crippen molar-refractivity contribution in [3.63, 3.8) is 0 Å². The van der Waals surface area contributed by atoms with Crippen LogP contribution in [-0.4, -0.2) is 71.7 Å². The quantitative estimate of drug-likeness (QED) is 0.571. The van der Waals surface area contributed by atoms with E-state index in [1.165, 1.54) is 4.70 Å². The SMILES string of the molecule is CC(C)(C)OC(=O)N1CCN(CCCNC(=O)CCCCc2nc3ccccc3s2)CC1. The summed E-state index contributed by atoms with van der Waals surface area (Å²) in [7, 11) is 0. The van der Waals surface area contributed by atoms with Gasteiger partial charge in [-0.15, -0.1) is 11.3 Å². The Hall–Kier alpha value is -2.19. The van der Waals surface area contributed by atoms with E-state index >= 15 is 0 Å². The number of carbonyl (C=O) groups is 2. The minimum Gasteiger partial charge on any atom is -0.444 e. The molecule has 0 saturated carbocycles. The van der Waals surface area contributed by atoms with Crippen molar-refractivity contribution in [3.8, 4) is 0 Å². The standard InChI is InChI=1S/C24H36N4O3S/c1-24(2,3)31-23(30)28-17-15-27(16-18-28)14-8-13-25-21(29)11-6-7-12-22-26-19-9-4-5-10-20(19)32-22/h4-5,9-10H,6-8,11-18H2,1-3H3,(H,25,29). The highest BCUT2D eigenvalue weighted by Crippen LogP contribution is 2.22. The molecule has 1 saturated heterocycles. The molecule has 32 heavy (non-hydrogen) atoms. The van der Waals surface area contributed by atoms with E-state index in [-0.39, 0.29) is 12.0 Å². The van der Waals surface area contributed by atoms with Crippen LogP contribution in [0.4, 0.5) is 4.79 Å². The predicted molar refractivity (Wildman–Crippen MR) is 129 cm³/mol. The molecule has 8 heteroatoms. The smallest absolute Gasteiger partial charge is 0.410 e. The Kier molecular flexibility index (Phi) is 8.87. The lowest BCUT2D eigenvalue weighted by molar-refractivity contribution is -0.121. The van der Waals surface area contributed by atoms with Gasteiger partial charge in [-0.25, -0.2) is 9.78 Å². The molecule has 0 radical (unpaired) electrons. The fourth-order valence-electron chi connectivity index (χ4n) is 3.69. The molecule has 1 fully saturated rings. The number of fused-ring (bicyclic) bond motifs is 1. The first-order valence-electron chi connectivity index (χ1n) is 11.6. The number of piperazine rings is 1. The van der Waals surface area contributed by atoms with Crippen LogP contribution in [0.3, 0.4) is 0 Å². The van der Waals surface area contributed by atoms with E-state index in [1.54, 1.807) is 16.2 Å². The average Bonchev–Trinajstić information content (AvgIpc) is 3.16. The molecule has 1 aromatic heterocycles. The molecule has 1 aliphatic heterocycles. The number of rotatable bonds is 9. The molecule has 0 bridgehead atoms. The molecule has 1 N–H and O–H groups in total. The Morgan fingerprint density at radius 1 is 1.09 bits per heavy atom. The summed E-state index contributed by atoms with van der Waals surface area (Å²) in [5.41, 5.74) is 0.610. The fourth-order valence-corrected chi connectivity index (χ4v) is 4.70. The number of carbonyl (C=O) groups excluding carboxylic acids is 2. The first kappa shape index (κ1) is 24.5. The number of nitrogens with zero attached hydrogens (tertiary/aromatic N) is 3. The fraction of sp³-hybridized carbons (Fsp3) is 0.625. The summed E-state index contributed by atoms with van der Waals surface area (Å²) < 4.78 is 6.66. The Morgan fingerprint density at radius 3 is 2.56 bits per heavy atom. The van der Waals surface area contributed by atoms with Crippen molar-refractivity contribution in [1.29, 1.82) is 0 Å². The monoisotopic (exact) mass is 460 g/mol. The first-order chi connectivity index (χ1) is 15.3. The average molecular weight is 461 g/mol. The van der Waals surface area contributed by atoms with Gasteiger partial charge in [-0.1, -0.05) is 12.1 Å². The van der Waals surface area contributed by atoms with Crippen molar-refractivity contribution in [2.24, 2.45) is 0 Å². The summed E-state index contributed by atoms with van der Waals surface area (Å²) in [6.45, 7) is 10.4. The minimum atomic E-state index is -0.456. The maximum absolute atomic E-state index is 12.1. The predicted octanol–water partition coefficient (Wildman–Crippen LogP) is 4.07. The van der Waals surface area contributed by atoms with E-state index in [0.29, 0.717) is 26.1 Å². The first-order valence-corrected chi connectivity index (χ1v) is 12.4. The number of para-hydroxylation sites is 1. The highest BCUT2D eigenvalue weighted by atomic mass is 32.1. The number of hydrogen-bond donors (Lipinski definition) is 1. The van der Waals surface area contributed by atoms with Crippen LogP contribution in [-0.2, 0) is 16.0 Å². The van der Waals surface area contributed by atoms with E-state index in [2.05, 4.69) is 21.3 Å². The third kappa shape index (κ3) is 8.06. The molecular formula is C24H36N4O3S. The molecule has 3 rings (SSSR count). The van der Waals surface area contributed by atoms with Gasteiger partial charge in [0.15, 0.2) is 0 Å². The Balaban J connectivity index is 1.21. The zero-order chi connectivity index (χ0) is 23.0. The van der Waals surface area contributed by atoms with Crippen molar-refractivity contribution in [1.82, 2.24) is 20.1 Å². The molecule has 1 aromatic carbocycles. The maximum Gasteiger partial charge on any atom is 0.410 e. The molecule has 1 aliphatic rings. The molecular weight excluding hydrogens is 424 g/mol. The van der Waals surface area contributed by atoms with Crippen LogP contribution in [0.5, 0.6) is 0 Å². The zero-order valence-electron chi connectivity index (χ0n) is 19.6. The molecule has 176 valence electrons. The summed E-state index contributed by atoms with van der Waals surface area (Å²) >= 11 is 1.75. The molecule has 0 unspecified atom stereocenters. The van der Waals surface area contributed by atoms with Crippen LogP contribution in [0.25, 0.3) is 10.2 Å². The van der Waals surface area contributed by atoms with Gasteiger partial charge in [0.05, 0.1) is 15.2 Å². The third-order valence-corrected chi connectivity index (χ3v) is 6.48. The molecule has 2 amide bonds. The topological polar surface area (TPSA) is 74.8 Å². The van der Waals surface area contributed by atoms with Crippen LogP contribution in [0, 0.1) is 0 Å². The largest absolute Gasteiger partial charge is 0.444 e. The van der Waals surface area contributed by atoms with Crippen LogP contribution in [0.15, 0.2) is 24.3 Å². The molecule has 0 spiro atoms. The van der Waals surface area contributed by atoms with Crippen LogP contribution in [0.1, 0.15) is 51.5 Å². The maximum atomic E-state index is 12.1. The van der Waals surface area contributed by atoms with E-state index in [9.17, 15) is 9.59 Å². The van der Waals surface area contributed by atoms with Gasteiger partial charge >= 0.3 is 6.09 Å². The summed E-state index contributed by atoms with van der Waals surface area (Å²) in [6, 6.07) is 8.20. The van der Waals surface area contributed by atoms with Crippen molar-refractivity contribution in [2.45, 2.75) is 58.5 Å². The number of thiazole rings is 1. The lowest BCUT2D eigenvalue weighted by Crippen LogP contribution is -2.50. The van der Waals surface area contributed by atoms with Crippen LogP contribution >= 0.6 is 11.3 Å². The Labute approximate surface area is 195 Å². The van der Waals surface area contributed by atoms with E-state index < -0.39 is 5.60 Å². The Morgan fingerprint density at radius 2 is 1.84 bits per heavy atom. The number of hydrogen-bond acceptors (Lipinski definition) is 6. The van der Waals surface area contributed by atoms with Gasteiger partial charge in [-0.2, -0.15) is 0 Å². The second kappa shape index (κ2) is 11.6. The lowest BCUT2D eigenvalue weighted by atomic mass is 10.2. The third-order valence-electron chi connectivity index (χ3n) is 5.38. The van der Waals surface area contributed by atoms with Crippen LogP contribution < -0.4 is 5.32 Å². The second-order valence-corrected chi connectivity index (χ2v) is 10.4. The van der Waals surface area contributed by atoms with Gasteiger partial charge in [0, 0.05) is 39.1 Å². The second-order valence-electron chi connectivity index (χ2n) is 9.29. The molecule has 0 aliphatic carbocycles.